The number of hydrogen-bond donors (Lipinski definition) is 1. The van der Waals surface area contributed by atoms with Crippen molar-refractivity contribution >= 4 is 0 Å². The largest absolute Gasteiger partial charge is 0.316 e. The molecule has 0 amide bonds. The highest BCUT2D eigenvalue weighted by atomic mass is 15.2. The van der Waals surface area contributed by atoms with Gasteiger partial charge in [0.2, 0.25) is 0 Å². The summed E-state index contributed by atoms with van der Waals surface area (Å²) in [6.45, 7) is 6.71. The Morgan fingerprint density at radius 1 is 1.40 bits per heavy atom. The average Bonchev–Trinajstić information content (AvgIpc) is 2.25. The molecule has 0 aromatic carbocycles. The van der Waals surface area contributed by atoms with Gasteiger partial charge in [-0.25, -0.2) is 0 Å². The van der Waals surface area contributed by atoms with Gasteiger partial charge in [-0.2, -0.15) is 5.26 Å². The predicted molar refractivity (Wildman–Crippen MR) is 62.6 cm³/mol. The molecule has 0 spiro atoms. The van der Waals surface area contributed by atoms with E-state index in [0.29, 0.717) is 6.42 Å². The molecule has 0 saturated carbocycles. The van der Waals surface area contributed by atoms with Crippen molar-refractivity contribution in [2.24, 2.45) is 0 Å². The normalized spacial score (nSPS) is 22.5. The fourth-order valence-electron chi connectivity index (χ4n) is 2.17. The standard InChI is InChI=1S/C12H23N3/c1-12-6-2-3-10-15(12)11-5-9-14-8-4-7-13/h12,14H,2-6,8-11H2,1H3. The van der Waals surface area contributed by atoms with Crippen LogP contribution in [0, 0.1) is 11.3 Å². The lowest BCUT2D eigenvalue weighted by molar-refractivity contribution is 0.159. The third-order valence-electron chi connectivity index (χ3n) is 3.15. The third kappa shape index (κ3) is 5.15. The molecule has 1 N–H and O–H groups in total. The summed E-state index contributed by atoms with van der Waals surface area (Å²) < 4.78 is 0. The summed E-state index contributed by atoms with van der Waals surface area (Å²) in [5.74, 6) is 0. The number of nitrogens with zero attached hydrogens (tertiary/aromatic N) is 2. The summed E-state index contributed by atoms with van der Waals surface area (Å²) in [5.41, 5.74) is 0. The van der Waals surface area contributed by atoms with Crippen LogP contribution in [0.15, 0.2) is 0 Å². The van der Waals surface area contributed by atoms with Gasteiger partial charge in [-0.05, 0) is 45.8 Å². The van der Waals surface area contributed by atoms with E-state index in [9.17, 15) is 0 Å². The fraction of sp³-hybridized carbons (Fsp3) is 0.917. The Kier molecular flexibility index (Phi) is 6.38. The molecule has 0 aromatic heterocycles. The lowest BCUT2D eigenvalue weighted by Gasteiger charge is -2.33. The SMILES string of the molecule is CC1CCCCN1CCCNCCC#N. The molecule has 1 fully saturated rings. The average molecular weight is 209 g/mol. The molecule has 86 valence electrons. The maximum Gasteiger partial charge on any atom is 0.0635 e. The van der Waals surface area contributed by atoms with Crippen LogP contribution in [0.5, 0.6) is 0 Å². The molecule has 1 atom stereocenters. The molecule has 3 heteroatoms. The monoisotopic (exact) mass is 209 g/mol. The predicted octanol–water partition coefficient (Wildman–Crippen LogP) is 1.75. The van der Waals surface area contributed by atoms with Gasteiger partial charge in [0.1, 0.15) is 0 Å². The summed E-state index contributed by atoms with van der Waals surface area (Å²) in [7, 11) is 0. The van der Waals surface area contributed by atoms with Crippen LogP contribution < -0.4 is 5.32 Å². The Balaban J connectivity index is 1.97. The van der Waals surface area contributed by atoms with E-state index in [2.05, 4.69) is 23.2 Å². The summed E-state index contributed by atoms with van der Waals surface area (Å²) in [4.78, 5) is 2.59. The molecule has 1 unspecified atom stereocenters. The van der Waals surface area contributed by atoms with Crippen molar-refractivity contribution in [2.45, 2.75) is 45.1 Å². The number of rotatable bonds is 6. The van der Waals surface area contributed by atoms with Gasteiger partial charge in [0.25, 0.3) is 0 Å². The molecular formula is C12H23N3. The third-order valence-corrected chi connectivity index (χ3v) is 3.15. The number of piperidine rings is 1. The van der Waals surface area contributed by atoms with Crippen molar-refractivity contribution < 1.29 is 0 Å². The maximum absolute atomic E-state index is 8.36. The van der Waals surface area contributed by atoms with Gasteiger partial charge >= 0.3 is 0 Å². The molecular weight excluding hydrogens is 186 g/mol. The lowest BCUT2D eigenvalue weighted by atomic mass is 10.0. The molecule has 15 heavy (non-hydrogen) atoms. The molecule has 1 aliphatic heterocycles. The van der Waals surface area contributed by atoms with E-state index in [1.165, 1.54) is 38.8 Å². The van der Waals surface area contributed by atoms with E-state index in [-0.39, 0.29) is 0 Å². The maximum atomic E-state index is 8.36. The van der Waals surface area contributed by atoms with Crippen molar-refractivity contribution in [1.29, 1.82) is 5.26 Å². The van der Waals surface area contributed by atoms with E-state index < -0.39 is 0 Å². The summed E-state index contributed by atoms with van der Waals surface area (Å²) in [6.07, 6.45) is 5.96. The van der Waals surface area contributed by atoms with Crippen molar-refractivity contribution in [1.82, 2.24) is 10.2 Å². The molecule has 1 heterocycles. The van der Waals surface area contributed by atoms with Crippen molar-refractivity contribution in [3.63, 3.8) is 0 Å². The zero-order valence-electron chi connectivity index (χ0n) is 9.84. The molecule has 0 bridgehead atoms. The highest BCUT2D eigenvalue weighted by Gasteiger charge is 2.16. The number of nitrogens with one attached hydrogen (secondary N) is 1. The van der Waals surface area contributed by atoms with E-state index in [1.807, 2.05) is 0 Å². The van der Waals surface area contributed by atoms with Crippen molar-refractivity contribution in [2.75, 3.05) is 26.2 Å². The van der Waals surface area contributed by atoms with Crippen LogP contribution in [0.25, 0.3) is 0 Å². The quantitative estimate of drug-likeness (QED) is 0.677. The van der Waals surface area contributed by atoms with Crippen molar-refractivity contribution in [3.05, 3.63) is 0 Å². The zero-order chi connectivity index (χ0) is 10.9. The van der Waals surface area contributed by atoms with Crippen LogP contribution in [0.1, 0.15) is 39.0 Å². The lowest BCUT2D eigenvalue weighted by Crippen LogP contribution is -2.38. The minimum Gasteiger partial charge on any atom is -0.316 e. The van der Waals surface area contributed by atoms with Crippen molar-refractivity contribution in [3.8, 4) is 6.07 Å². The number of likely N-dealkylation sites (tertiary alicyclic amines) is 1. The van der Waals surface area contributed by atoms with E-state index >= 15 is 0 Å². The Hall–Kier alpha value is -0.590. The number of nitriles is 1. The summed E-state index contributed by atoms with van der Waals surface area (Å²) >= 11 is 0. The minimum atomic E-state index is 0.625. The van der Waals surface area contributed by atoms with Gasteiger partial charge < -0.3 is 10.2 Å². The highest BCUT2D eigenvalue weighted by Crippen LogP contribution is 2.15. The number of hydrogen-bond acceptors (Lipinski definition) is 3. The minimum absolute atomic E-state index is 0.625. The fourth-order valence-corrected chi connectivity index (χ4v) is 2.17. The van der Waals surface area contributed by atoms with E-state index in [4.69, 9.17) is 5.26 Å². The second kappa shape index (κ2) is 7.67. The first-order valence-corrected chi connectivity index (χ1v) is 6.16. The topological polar surface area (TPSA) is 39.1 Å². The first-order valence-electron chi connectivity index (χ1n) is 6.16. The van der Waals surface area contributed by atoms with E-state index in [1.54, 1.807) is 0 Å². The first kappa shape index (κ1) is 12.5. The molecule has 3 nitrogen and oxygen atoms in total. The molecule has 0 radical (unpaired) electrons. The molecule has 1 rings (SSSR count). The van der Waals surface area contributed by atoms with Gasteiger partial charge in [-0.15, -0.1) is 0 Å². The van der Waals surface area contributed by atoms with Crippen LogP contribution in [0.3, 0.4) is 0 Å². The zero-order valence-corrected chi connectivity index (χ0v) is 9.84. The van der Waals surface area contributed by atoms with Crippen LogP contribution >= 0.6 is 0 Å². The van der Waals surface area contributed by atoms with Crippen LogP contribution in [0.2, 0.25) is 0 Å². The van der Waals surface area contributed by atoms with Crippen LogP contribution in [-0.4, -0.2) is 37.1 Å². The highest BCUT2D eigenvalue weighted by molar-refractivity contribution is 4.73. The Bertz CT molecular complexity index is 198. The Labute approximate surface area is 93.5 Å². The smallest absolute Gasteiger partial charge is 0.0635 e. The second-order valence-electron chi connectivity index (χ2n) is 4.39. The Morgan fingerprint density at radius 2 is 2.27 bits per heavy atom. The Morgan fingerprint density at radius 3 is 3.00 bits per heavy atom. The molecule has 1 saturated heterocycles. The van der Waals surface area contributed by atoms with E-state index in [0.717, 1.165) is 19.1 Å². The van der Waals surface area contributed by atoms with Gasteiger partial charge in [-0.1, -0.05) is 6.42 Å². The summed E-state index contributed by atoms with van der Waals surface area (Å²) in [5, 5.41) is 11.7. The summed E-state index contributed by atoms with van der Waals surface area (Å²) in [6, 6.07) is 2.92. The molecule has 1 aliphatic rings. The van der Waals surface area contributed by atoms with Gasteiger partial charge in [0, 0.05) is 19.0 Å². The first-order chi connectivity index (χ1) is 7.34. The van der Waals surface area contributed by atoms with Crippen LogP contribution in [-0.2, 0) is 0 Å². The van der Waals surface area contributed by atoms with Gasteiger partial charge in [0.05, 0.1) is 6.07 Å². The van der Waals surface area contributed by atoms with Gasteiger partial charge in [0.15, 0.2) is 0 Å². The van der Waals surface area contributed by atoms with Crippen LogP contribution in [0.4, 0.5) is 0 Å². The second-order valence-corrected chi connectivity index (χ2v) is 4.39. The van der Waals surface area contributed by atoms with Gasteiger partial charge in [-0.3, -0.25) is 0 Å². The molecule has 0 aromatic rings. The molecule has 0 aliphatic carbocycles.